The molecule has 0 fully saturated rings. The average Bonchev–Trinajstić information content (AvgIpc) is 2.91. The van der Waals surface area contributed by atoms with E-state index in [1.165, 1.54) is 0 Å². The molecule has 10 heteroatoms. The maximum atomic E-state index is 13.0. The van der Waals surface area contributed by atoms with Crippen molar-refractivity contribution in [2.24, 2.45) is 0 Å². The Kier molecular flexibility index (Phi) is 3.84. The maximum absolute atomic E-state index is 13.0. The number of halogens is 1. The second-order valence-corrected chi connectivity index (χ2v) is 3.63. The minimum atomic E-state index is -1.35. The van der Waals surface area contributed by atoms with E-state index in [1.54, 1.807) is 0 Å². The van der Waals surface area contributed by atoms with E-state index in [-0.39, 0.29) is 23.6 Å². The van der Waals surface area contributed by atoms with Gasteiger partial charge in [-0.3, -0.25) is 0 Å². The van der Waals surface area contributed by atoms with Crippen molar-refractivity contribution in [3.05, 3.63) is 35.4 Å². The van der Waals surface area contributed by atoms with Crippen LogP contribution in [0.5, 0.6) is 0 Å². The van der Waals surface area contributed by atoms with Gasteiger partial charge in [0.05, 0.1) is 17.8 Å². The van der Waals surface area contributed by atoms with Crippen LogP contribution in [-0.2, 0) is 6.54 Å². The molecule has 1 heterocycles. The number of rotatable bonds is 4. The van der Waals surface area contributed by atoms with Gasteiger partial charge >= 0.3 is 12.0 Å². The summed E-state index contributed by atoms with van der Waals surface area (Å²) in [7, 11) is 0. The number of carboxylic acid groups (broad SMARTS) is 1. The van der Waals surface area contributed by atoms with Crippen LogP contribution in [0.4, 0.5) is 14.9 Å². The van der Waals surface area contributed by atoms with Crippen LogP contribution in [0.15, 0.2) is 18.2 Å². The predicted octanol–water partition coefficient (Wildman–Crippen LogP) is 0.359. The van der Waals surface area contributed by atoms with Gasteiger partial charge in [0, 0.05) is 0 Å². The molecular formula is C10H9FN6O3. The van der Waals surface area contributed by atoms with Gasteiger partial charge in [-0.1, -0.05) is 5.21 Å². The van der Waals surface area contributed by atoms with E-state index < -0.39 is 17.8 Å². The summed E-state index contributed by atoms with van der Waals surface area (Å²) in [5, 5.41) is 26.4. The first-order valence-electron chi connectivity index (χ1n) is 5.36. The van der Waals surface area contributed by atoms with Crippen molar-refractivity contribution in [2.45, 2.75) is 6.54 Å². The fourth-order valence-corrected chi connectivity index (χ4v) is 1.39. The smallest absolute Gasteiger partial charge is 0.337 e. The zero-order chi connectivity index (χ0) is 14.5. The highest BCUT2D eigenvalue weighted by Gasteiger charge is 2.13. The first kappa shape index (κ1) is 13.4. The summed E-state index contributed by atoms with van der Waals surface area (Å²) >= 11 is 0. The molecule has 0 unspecified atom stereocenters. The van der Waals surface area contributed by atoms with E-state index in [4.69, 9.17) is 5.11 Å². The lowest BCUT2D eigenvalue weighted by molar-refractivity contribution is 0.0697. The number of aromatic amines is 1. The van der Waals surface area contributed by atoms with Crippen LogP contribution in [0.1, 0.15) is 16.2 Å². The van der Waals surface area contributed by atoms with Crippen molar-refractivity contribution >= 4 is 17.7 Å². The molecule has 9 nitrogen and oxygen atoms in total. The number of nitrogens with zero attached hydrogens (tertiary/aromatic N) is 3. The van der Waals surface area contributed by atoms with Gasteiger partial charge in [-0.15, -0.1) is 10.2 Å². The monoisotopic (exact) mass is 280 g/mol. The first-order valence-corrected chi connectivity index (χ1v) is 5.36. The predicted molar refractivity (Wildman–Crippen MR) is 63.4 cm³/mol. The second kappa shape index (κ2) is 5.73. The number of anilines is 1. The van der Waals surface area contributed by atoms with Crippen molar-refractivity contribution in [1.29, 1.82) is 0 Å². The molecule has 0 aliphatic carbocycles. The van der Waals surface area contributed by atoms with Crippen LogP contribution < -0.4 is 10.6 Å². The molecule has 4 N–H and O–H groups in total. The van der Waals surface area contributed by atoms with Gasteiger partial charge in [-0.05, 0) is 18.2 Å². The third-order valence-electron chi connectivity index (χ3n) is 2.26. The van der Waals surface area contributed by atoms with Crippen LogP contribution in [-0.4, -0.2) is 37.7 Å². The Bertz CT molecular complexity index is 630. The van der Waals surface area contributed by atoms with E-state index in [2.05, 4.69) is 31.3 Å². The Morgan fingerprint density at radius 3 is 2.85 bits per heavy atom. The van der Waals surface area contributed by atoms with Crippen LogP contribution in [0.3, 0.4) is 0 Å². The van der Waals surface area contributed by atoms with E-state index in [1.807, 2.05) is 0 Å². The molecule has 0 aliphatic rings. The summed E-state index contributed by atoms with van der Waals surface area (Å²) in [6.45, 7) is 0.00589. The molecule has 104 valence electrons. The van der Waals surface area contributed by atoms with E-state index in [0.29, 0.717) is 0 Å². The lowest BCUT2D eigenvalue weighted by Gasteiger charge is -2.08. The minimum Gasteiger partial charge on any atom is -0.478 e. The van der Waals surface area contributed by atoms with Gasteiger partial charge in [0.25, 0.3) is 0 Å². The number of amides is 2. The quantitative estimate of drug-likeness (QED) is 0.639. The van der Waals surface area contributed by atoms with E-state index >= 15 is 0 Å². The van der Waals surface area contributed by atoms with Gasteiger partial charge in [-0.25, -0.2) is 14.0 Å². The van der Waals surface area contributed by atoms with Crippen LogP contribution in [0, 0.1) is 5.82 Å². The molecule has 2 rings (SSSR count). The molecule has 2 aromatic rings. The SMILES string of the molecule is O=C(NCc1nn[nH]n1)Nc1ccc(F)cc1C(=O)O. The number of aromatic carboxylic acids is 1. The number of hydrogen-bond acceptors (Lipinski definition) is 5. The van der Waals surface area contributed by atoms with Gasteiger partial charge in [0.1, 0.15) is 5.82 Å². The number of hydrogen-bond donors (Lipinski definition) is 4. The molecule has 0 saturated carbocycles. The van der Waals surface area contributed by atoms with Gasteiger partial charge in [0.2, 0.25) is 0 Å². The third kappa shape index (κ3) is 3.25. The molecule has 0 aliphatic heterocycles. The number of carbonyl (C=O) groups is 2. The van der Waals surface area contributed by atoms with E-state index in [0.717, 1.165) is 18.2 Å². The van der Waals surface area contributed by atoms with Crippen LogP contribution in [0.25, 0.3) is 0 Å². The molecule has 20 heavy (non-hydrogen) atoms. The highest BCUT2D eigenvalue weighted by Crippen LogP contribution is 2.16. The molecule has 1 aromatic heterocycles. The molecule has 0 atom stereocenters. The molecule has 1 aromatic carbocycles. The number of benzene rings is 1. The summed E-state index contributed by atoms with van der Waals surface area (Å²) in [4.78, 5) is 22.5. The summed E-state index contributed by atoms with van der Waals surface area (Å²) in [6.07, 6.45) is 0. The summed E-state index contributed by atoms with van der Waals surface area (Å²) < 4.78 is 13.0. The van der Waals surface area contributed by atoms with Crippen molar-refractivity contribution < 1.29 is 19.1 Å². The maximum Gasteiger partial charge on any atom is 0.337 e. The Balaban J connectivity index is 2.02. The van der Waals surface area contributed by atoms with Crippen molar-refractivity contribution in [3.63, 3.8) is 0 Å². The Labute approximate surface area is 111 Å². The highest BCUT2D eigenvalue weighted by atomic mass is 19.1. The number of H-pyrrole nitrogens is 1. The number of nitrogens with one attached hydrogen (secondary N) is 3. The zero-order valence-electron chi connectivity index (χ0n) is 9.92. The minimum absolute atomic E-state index is 0.00589. The Morgan fingerprint density at radius 2 is 2.20 bits per heavy atom. The lowest BCUT2D eigenvalue weighted by atomic mass is 10.2. The molecule has 2 amide bonds. The van der Waals surface area contributed by atoms with Gasteiger partial charge in [-0.2, -0.15) is 5.21 Å². The Morgan fingerprint density at radius 1 is 1.40 bits per heavy atom. The van der Waals surface area contributed by atoms with E-state index in [9.17, 15) is 14.0 Å². The fourth-order valence-electron chi connectivity index (χ4n) is 1.39. The summed E-state index contributed by atoms with van der Waals surface area (Å²) in [5.41, 5.74) is -0.371. The number of aromatic nitrogens is 4. The van der Waals surface area contributed by atoms with Crippen molar-refractivity contribution in [3.8, 4) is 0 Å². The number of carbonyl (C=O) groups excluding carboxylic acids is 1. The fraction of sp³-hybridized carbons (Fsp3) is 0.100. The molecule has 0 bridgehead atoms. The first-order chi connectivity index (χ1) is 9.56. The molecule has 0 spiro atoms. The number of carboxylic acids is 1. The molecule has 0 saturated heterocycles. The Hall–Kier alpha value is -3.04. The topological polar surface area (TPSA) is 133 Å². The highest BCUT2D eigenvalue weighted by molar-refractivity contribution is 5.99. The molecular weight excluding hydrogens is 271 g/mol. The number of tetrazole rings is 1. The second-order valence-electron chi connectivity index (χ2n) is 3.63. The summed E-state index contributed by atoms with van der Waals surface area (Å²) in [5.74, 6) is -1.80. The van der Waals surface area contributed by atoms with Crippen LogP contribution >= 0.6 is 0 Å². The standard InChI is InChI=1S/C10H9FN6O3/c11-5-1-2-7(6(3-5)9(18)19)13-10(20)12-4-8-14-16-17-15-8/h1-3H,4H2,(H,18,19)(H2,12,13,20)(H,14,15,16,17). The van der Waals surface area contributed by atoms with Gasteiger partial charge < -0.3 is 15.7 Å². The van der Waals surface area contributed by atoms with Crippen molar-refractivity contribution in [1.82, 2.24) is 25.9 Å². The summed E-state index contributed by atoms with van der Waals surface area (Å²) in [6, 6.07) is 2.34. The van der Waals surface area contributed by atoms with Crippen molar-refractivity contribution in [2.75, 3.05) is 5.32 Å². The lowest BCUT2D eigenvalue weighted by Crippen LogP contribution is -2.29. The number of urea groups is 1. The zero-order valence-corrected chi connectivity index (χ0v) is 9.92. The normalized spacial score (nSPS) is 10.1. The third-order valence-corrected chi connectivity index (χ3v) is 2.26. The largest absolute Gasteiger partial charge is 0.478 e. The van der Waals surface area contributed by atoms with Crippen LogP contribution in [0.2, 0.25) is 0 Å². The van der Waals surface area contributed by atoms with Gasteiger partial charge in [0.15, 0.2) is 5.82 Å². The average molecular weight is 280 g/mol. The molecule has 0 radical (unpaired) electrons.